The minimum atomic E-state index is -0.527. The highest BCUT2D eigenvalue weighted by atomic mass is 32.1. The third-order valence-corrected chi connectivity index (χ3v) is 7.28. The summed E-state index contributed by atoms with van der Waals surface area (Å²) in [7, 11) is 0. The van der Waals surface area contributed by atoms with Gasteiger partial charge in [-0.1, -0.05) is 12.5 Å². The summed E-state index contributed by atoms with van der Waals surface area (Å²) < 4.78 is 18.8. The molecule has 204 valence electrons. The number of thiophene rings is 1. The molecule has 1 aliphatic heterocycles. The van der Waals surface area contributed by atoms with Crippen molar-refractivity contribution in [1.82, 2.24) is 19.8 Å². The fourth-order valence-electron chi connectivity index (χ4n) is 4.35. The van der Waals surface area contributed by atoms with Crippen LogP contribution in [0.4, 0.5) is 0 Å². The van der Waals surface area contributed by atoms with Crippen LogP contribution in [0.5, 0.6) is 11.5 Å². The zero-order chi connectivity index (χ0) is 27.2. The van der Waals surface area contributed by atoms with E-state index >= 15 is 0 Å². The number of carbonyl (C=O) groups is 2. The number of amides is 2. The van der Waals surface area contributed by atoms with Gasteiger partial charge in [0.1, 0.15) is 17.0 Å². The first kappa shape index (κ1) is 26.3. The van der Waals surface area contributed by atoms with Gasteiger partial charge in [0.2, 0.25) is 18.6 Å². The van der Waals surface area contributed by atoms with Gasteiger partial charge in [0.15, 0.2) is 11.5 Å². The Morgan fingerprint density at radius 3 is 2.62 bits per heavy atom. The molecule has 11 nitrogen and oxygen atoms in total. The number of carbonyl (C=O) groups excluding carboxylic acids is 2. The molecule has 0 saturated carbocycles. The molecule has 39 heavy (non-hydrogen) atoms. The number of furan rings is 1. The summed E-state index contributed by atoms with van der Waals surface area (Å²) in [5.74, 6) is 1.53. The Hall–Kier alpha value is -4.32. The second-order valence-electron chi connectivity index (χ2n) is 9.09. The lowest BCUT2D eigenvalue weighted by Crippen LogP contribution is -2.42. The van der Waals surface area contributed by atoms with Crippen molar-refractivity contribution in [3.05, 3.63) is 80.2 Å². The van der Waals surface area contributed by atoms with Crippen molar-refractivity contribution in [2.45, 2.75) is 51.9 Å². The maximum absolute atomic E-state index is 13.2. The fraction of sp³-hybridized carbons (Fsp3) is 0.333. The second kappa shape index (κ2) is 12.0. The highest BCUT2D eigenvalue weighted by molar-refractivity contribution is 7.17. The molecule has 1 aromatic carbocycles. The van der Waals surface area contributed by atoms with Crippen LogP contribution in [-0.2, 0) is 35.8 Å². The molecular weight excluding hydrogens is 524 g/mol. The van der Waals surface area contributed by atoms with Crippen molar-refractivity contribution in [2.75, 3.05) is 6.79 Å². The summed E-state index contributed by atoms with van der Waals surface area (Å²) >= 11 is 1.24. The summed E-state index contributed by atoms with van der Waals surface area (Å²) in [6, 6.07) is 10.7. The van der Waals surface area contributed by atoms with Crippen LogP contribution in [0.25, 0.3) is 10.2 Å². The molecule has 1 aliphatic rings. The average molecular weight is 553 g/mol. The summed E-state index contributed by atoms with van der Waals surface area (Å²) in [6.07, 6.45) is 3.68. The molecular formula is C27H28N4O7S. The number of benzene rings is 1. The third-order valence-electron chi connectivity index (χ3n) is 6.39. The van der Waals surface area contributed by atoms with Crippen molar-refractivity contribution < 1.29 is 23.5 Å². The summed E-state index contributed by atoms with van der Waals surface area (Å²) in [5.41, 5.74) is 0.472. The Labute approximate surface area is 227 Å². The Bertz CT molecular complexity index is 1590. The van der Waals surface area contributed by atoms with Gasteiger partial charge in [-0.05, 0) is 54.1 Å². The van der Waals surface area contributed by atoms with E-state index in [-0.39, 0.29) is 43.8 Å². The van der Waals surface area contributed by atoms with Gasteiger partial charge < -0.3 is 24.5 Å². The Morgan fingerprint density at radius 1 is 0.923 bits per heavy atom. The largest absolute Gasteiger partial charge is 0.467 e. The van der Waals surface area contributed by atoms with Gasteiger partial charge in [-0.15, -0.1) is 11.3 Å². The van der Waals surface area contributed by atoms with Crippen molar-refractivity contribution in [2.24, 2.45) is 0 Å². The predicted octanol–water partition coefficient (Wildman–Crippen LogP) is 2.74. The zero-order valence-corrected chi connectivity index (χ0v) is 22.0. The smallest absolute Gasteiger partial charge is 0.332 e. The fourth-order valence-corrected chi connectivity index (χ4v) is 5.20. The van der Waals surface area contributed by atoms with E-state index in [0.717, 1.165) is 5.56 Å². The quantitative estimate of drug-likeness (QED) is 0.258. The number of rotatable bonds is 12. The van der Waals surface area contributed by atoms with Crippen molar-refractivity contribution in [1.29, 1.82) is 0 Å². The minimum absolute atomic E-state index is 0.0762. The Balaban J connectivity index is 1.12. The van der Waals surface area contributed by atoms with Gasteiger partial charge in [0, 0.05) is 19.5 Å². The van der Waals surface area contributed by atoms with Crippen LogP contribution in [-0.4, -0.2) is 27.7 Å². The first-order chi connectivity index (χ1) is 19.0. The highest BCUT2D eigenvalue weighted by Gasteiger charge is 2.17. The summed E-state index contributed by atoms with van der Waals surface area (Å²) in [4.78, 5) is 50.9. The number of hydrogen-bond acceptors (Lipinski definition) is 8. The van der Waals surface area contributed by atoms with Crippen LogP contribution < -0.4 is 31.4 Å². The topological polar surface area (TPSA) is 134 Å². The Morgan fingerprint density at radius 2 is 1.77 bits per heavy atom. The second-order valence-corrected chi connectivity index (χ2v) is 10.0. The first-order valence-corrected chi connectivity index (χ1v) is 13.5. The number of ether oxygens (including phenoxy) is 2. The van der Waals surface area contributed by atoms with Gasteiger partial charge in [-0.2, -0.15) is 0 Å². The molecule has 0 saturated heterocycles. The number of unbranched alkanes of at least 4 members (excludes halogenated alkanes) is 2. The molecule has 12 heteroatoms. The zero-order valence-electron chi connectivity index (χ0n) is 21.1. The van der Waals surface area contributed by atoms with Gasteiger partial charge in [0.25, 0.3) is 5.56 Å². The van der Waals surface area contributed by atoms with E-state index in [4.69, 9.17) is 13.9 Å². The molecule has 4 heterocycles. The minimum Gasteiger partial charge on any atom is -0.467 e. The molecule has 0 atom stereocenters. The Kier molecular flexibility index (Phi) is 8.11. The van der Waals surface area contributed by atoms with Crippen LogP contribution in [0.3, 0.4) is 0 Å². The SMILES string of the molecule is O=C(CCCCCn1c(=O)c2sccc2n(CC(=O)NCc2ccco2)c1=O)NCc1ccc2c(c1)OCO2. The molecule has 0 aliphatic carbocycles. The van der Waals surface area contributed by atoms with E-state index in [1.165, 1.54) is 26.7 Å². The molecule has 2 N–H and O–H groups in total. The van der Waals surface area contributed by atoms with Crippen LogP contribution >= 0.6 is 11.3 Å². The lowest BCUT2D eigenvalue weighted by atomic mass is 10.1. The molecule has 5 rings (SSSR count). The first-order valence-electron chi connectivity index (χ1n) is 12.6. The van der Waals surface area contributed by atoms with Crippen LogP contribution in [0.15, 0.2) is 62.0 Å². The molecule has 0 unspecified atom stereocenters. The molecule has 0 radical (unpaired) electrons. The van der Waals surface area contributed by atoms with E-state index in [1.807, 2.05) is 18.2 Å². The lowest BCUT2D eigenvalue weighted by molar-refractivity contribution is -0.122. The van der Waals surface area contributed by atoms with E-state index in [9.17, 15) is 19.2 Å². The van der Waals surface area contributed by atoms with Gasteiger partial charge in [-0.3, -0.25) is 23.5 Å². The molecule has 0 bridgehead atoms. The molecule has 2 amide bonds. The molecule has 0 spiro atoms. The monoisotopic (exact) mass is 552 g/mol. The number of nitrogens with zero attached hydrogens (tertiary/aromatic N) is 2. The van der Waals surface area contributed by atoms with E-state index in [2.05, 4.69) is 10.6 Å². The summed E-state index contributed by atoms with van der Waals surface area (Å²) in [5, 5.41) is 7.35. The lowest BCUT2D eigenvalue weighted by Gasteiger charge is -2.12. The van der Waals surface area contributed by atoms with E-state index in [1.54, 1.807) is 23.6 Å². The van der Waals surface area contributed by atoms with Crippen LogP contribution in [0, 0.1) is 0 Å². The molecule has 0 fully saturated rings. The number of fused-ring (bicyclic) bond motifs is 2. The number of aromatic nitrogens is 2. The van der Waals surface area contributed by atoms with E-state index in [0.29, 0.717) is 59.7 Å². The van der Waals surface area contributed by atoms with Crippen molar-refractivity contribution in [3.8, 4) is 11.5 Å². The van der Waals surface area contributed by atoms with Crippen LogP contribution in [0.1, 0.15) is 37.0 Å². The van der Waals surface area contributed by atoms with Gasteiger partial charge in [-0.25, -0.2) is 4.79 Å². The van der Waals surface area contributed by atoms with Crippen LogP contribution in [0.2, 0.25) is 0 Å². The standard InChI is InChI=1S/C27H28N4O7S/c32-23(28-14-18-7-8-21-22(13-18)38-17-37-21)6-2-1-3-10-30-26(34)25-20(9-12-39-25)31(27(30)35)16-24(33)29-15-19-5-4-11-36-19/h4-5,7-9,11-13H,1-3,6,10,14-17H2,(H,28,32)(H,29,33). The third kappa shape index (κ3) is 6.23. The molecule has 3 aromatic heterocycles. The maximum atomic E-state index is 13.2. The number of nitrogens with one attached hydrogen (secondary N) is 2. The summed E-state index contributed by atoms with van der Waals surface area (Å²) in [6.45, 7) is 0.792. The molecule has 4 aromatic rings. The number of hydrogen-bond donors (Lipinski definition) is 2. The van der Waals surface area contributed by atoms with Crippen molar-refractivity contribution in [3.63, 3.8) is 0 Å². The van der Waals surface area contributed by atoms with Gasteiger partial charge in [0.05, 0.1) is 18.3 Å². The van der Waals surface area contributed by atoms with Crippen molar-refractivity contribution >= 4 is 33.4 Å². The van der Waals surface area contributed by atoms with E-state index < -0.39 is 5.69 Å². The highest BCUT2D eigenvalue weighted by Crippen LogP contribution is 2.32. The average Bonchev–Trinajstić information content (AvgIpc) is 3.72. The normalized spacial score (nSPS) is 12.1. The van der Waals surface area contributed by atoms with Gasteiger partial charge >= 0.3 is 5.69 Å². The predicted molar refractivity (Wildman–Crippen MR) is 144 cm³/mol. The maximum Gasteiger partial charge on any atom is 0.332 e.